The van der Waals surface area contributed by atoms with Crippen LogP contribution in [0.4, 0.5) is 0 Å². The van der Waals surface area contributed by atoms with Crippen LogP contribution >= 0.6 is 0 Å². The molecule has 0 aliphatic rings. The summed E-state index contributed by atoms with van der Waals surface area (Å²) in [6.45, 7) is 7.31. The van der Waals surface area contributed by atoms with Crippen LogP contribution in [0.3, 0.4) is 0 Å². The highest BCUT2D eigenvalue weighted by Gasteiger charge is 2.22. The highest BCUT2D eigenvalue weighted by molar-refractivity contribution is 5.99. The molecule has 1 rings (SSSR count). The Morgan fingerprint density at radius 2 is 2.00 bits per heavy atom. The maximum atomic E-state index is 11.8. The van der Waals surface area contributed by atoms with E-state index in [9.17, 15) is 14.7 Å². The van der Waals surface area contributed by atoms with Gasteiger partial charge in [0.25, 0.3) is 0 Å². The first-order valence-corrected chi connectivity index (χ1v) is 6.29. The summed E-state index contributed by atoms with van der Waals surface area (Å²) >= 11 is 0. The van der Waals surface area contributed by atoms with Crippen LogP contribution in [0.25, 0.3) is 0 Å². The second-order valence-electron chi connectivity index (χ2n) is 4.91. The topological polar surface area (TPSA) is 67.5 Å². The standard InChI is InChI=1S/C14H20O4/c1-5-6-9(4)11-7-10(15)12(14(17)18-11)13(16)8(2)3/h7-9,15H,5-6H2,1-4H3. The predicted octanol–water partition coefficient (Wildman–Crippen LogP) is 3.09. The van der Waals surface area contributed by atoms with Gasteiger partial charge < -0.3 is 9.52 Å². The van der Waals surface area contributed by atoms with Gasteiger partial charge in [-0.3, -0.25) is 4.79 Å². The first kappa shape index (κ1) is 14.5. The van der Waals surface area contributed by atoms with Crippen molar-refractivity contribution in [2.45, 2.75) is 46.5 Å². The van der Waals surface area contributed by atoms with Crippen molar-refractivity contribution in [3.8, 4) is 5.75 Å². The average Bonchev–Trinajstić information content (AvgIpc) is 2.27. The Balaban J connectivity index is 3.21. The van der Waals surface area contributed by atoms with Gasteiger partial charge in [0.1, 0.15) is 17.1 Å². The van der Waals surface area contributed by atoms with Crippen molar-refractivity contribution in [3.63, 3.8) is 0 Å². The molecular formula is C14H20O4. The molecule has 1 atom stereocenters. The van der Waals surface area contributed by atoms with Gasteiger partial charge >= 0.3 is 5.63 Å². The van der Waals surface area contributed by atoms with Gasteiger partial charge in [0.2, 0.25) is 0 Å². The molecule has 1 unspecified atom stereocenters. The van der Waals surface area contributed by atoms with Gasteiger partial charge in [-0.1, -0.05) is 34.1 Å². The fraction of sp³-hybridized carbons (Fsp3) is 0.571. The molecule has 0 radical (unpaired) electrons. The van der Waals surface area contributed by atoms with Crippen LogP contribution < -0.4 is 5.63 Å². The third kappa shape index (κ3) is 3.00. The van der Waals surface area contributed by atoms with Gasteiger partial charge in [-0.15, -0.1) is 0 Å². The summed E-state index contributed by atoms with van der Waals surface area (Å²) in [6.07, 6.45) is 1.82. The fourth-order valence-corrected chi connectivity index (χ4v) is 1.83. The van der Waals surface area contributed by atoms with Gasteiger partial charge in [0.05, 0.1) is 0 Å². The lowest BCUT2D eigenvalue weighted by molar-refractivity contribution is 0.0931. The summed E-state index contributed by atoms with van der Waals surface area (Å²) in [7, 11) is 0. The summed E-state index contributed by atoms with van der Waals surface area (Å²) in [5, 5.41) is 9.83. The van der Waals surface area contributed by atoms with Gasteiger partial charge in [-0.25, -0.2) is 4.79 Å². The first-order valence-electron chi connectivity index (χ1n) is 6.29. The Bertz CT molecular complexity index is 485. The van der Waals surface area contributed by atoms with E-state index < -0.39 is 11.4 Å². The van der Waals surface area contributed by atoms with E-state index >= 15 is 0 Å². The summed E-state index contributed by atoms with van der Waals surface area (Å²) < 4.78 is 5.14. The molecule has 1 heterocycles. The molecule has 1 N–H and O–H groups in total. The van der Waals surface area contributed by atoms with E-state index in [4.69, 9.17) is 4.42 Å². The molecule has 1 aromatic rings. The number of carbonyl (C=O) groups is 1. The zero-order chi connectivity index (χ0) is 13.9. The van der Waals surface area contributed by atoms with E-state index in [2.05, 4.69) is 0 Å². The van der Waals surface area contributed by atoms with Crippen LogP contribution in [0.1, 0.15) is 62.6 Å². The quantitative estimate of drug-likeness (QED) is 0.818. The maximum Gasteiger partial charge on any atom is 0.350 e. The molecule has 0 aromatic carbocycles. The molecule has 4 nitrogen and oxygen atoms in total. The molecular weight excluding hydrogens is 232 g/mol. The second-order valence-corrected chi connectivity index (χ2v) is 4.91. The molecule has 0 saturated carbocycles. The third-order valence-electron chi connectivity index (χ3n) is 2.93. The molecule has 0 fully saturated rings. The molecule has 0 aliphatic carbocycles. The molecule has 1 aromatic heterocycles. The number of hydrogen-bond acceptors (Lipinski definition) is 4. The summed E-state index contributed by atoms with van der Waals surface area (Å²) in [5.74, 6) is -0.534. The molecule has 100 valence electrons. The van der Waals surface area contributed by atoms with Gasteiger partial charge in [0, 0.05) is 17.9 Å². The molecule has 0 bridgehead atoms. The van der Waals surface area contributed by atoms with Crippen molar-refractivity contribution in [2.75, 3.05) is 0 Å². The number of aromatic hydroxyl groups is 1. The van der Waals surface area contributed by atoms with Crippen molar-refractivity contribution >= 4 is 5.78 Å². The van der Waals surface area contributed by atoms with E-state index in [0.29, 0.717) is 5.76 Å². The molecule has 0 saturated heterocycles. The van der Waals surface area contributed by atoms with Crippen molar-refractivity contribution < 1.29 is 14.3 Å². The Morgan fingerprint density at radius 1 is 1.39 bits per heavy atom. The summed E-state index contributed by atoms with van der Waals surface area (Å²) in [5.41, 5.74) is -0.982. The van der Waals surface area contributed by atoms with Crippen molar-refractivity contribution in [1.82, 2.24) is 0 Å². The van der Waals surface area contributed by atoms with Crippen LogP contribution in [0, 0.1) is 5.92 Å². The van der Waals surface area contributed by atoms with Gasteiger partial charge in [-0.2, -0.15) is 0 Å². The van der Waals surface area contributed by atoms with Crippen LogP contribution in [0.5, 0.6) is 5.75 Å². The minimum atomic E-state index is -0.744. The maximum absolute atomic E-state index is 11.8. The normalized spacial score (nSPS) is 12.7. The van der Waals surface area contributed by atoms with E-state index in [1.54, 1.807) is 13.8 Å². The van der Waals surface area contributed by atoms with Crippen molar-refractivity contribution in [3.05, 3.63) is 27.8 Å². The number of carbonyl (C=O) groups excluding carboxylic acids is 1. The minimum Gasteiger partial charge on any atom is -0.507 e. The van der Waals surface area contributed by atoms with E-state index in [0.717, 1.165) is 12.8 Å². The number of rotatable bonds is 5. The largest absolute Gasteiger partial charge is 0.507 e. The number of ketones is 1. The number of hydrogen-bond donors (Lipinski definition) is 1. The van der Waals surface area contributed by atoms with Crippen LogP contribution in [-0.4, -0.2) is 10.9 Å². The van der Waals surface area contributed by atoms with E-state index in [1.807, 2.05) is 13.8 Å². The van der Waals surface area contributed by atoms with E-state index in [1.165, 1.54) is 6.07 Å². The lowest BCUT2D eigenvalue weighted by atomic mass is 9.99. The molecule has 18 heavy (non-hydrogen) atoms. The zero-order valence-corrected chi connectivity index (χ0v) is 11.3. The van der Waals surface area contributed by atoms with Gasteiger partial charge in [-0.05, 0) is 6.42 Å². The van der Waals surface area contributed by atoms with Crippen molar-refractivity contribution in [2.24, 2.45) is 5.92 Å². The Morgan fingerprint density at radius 3 is 2.44 bits per heavy atom. The lowest BCUT2D eigenvalue weighted by Crippen LogP contribution is -2.19. The Hall–Kier alpha value is -1.58. The van der Waals surface area contributed by atoms with Gasteiger partial charge in [0.15, 0.2) is 5.78 Å². The predicted molar refractivity (Wildman–Crippen MR) is 69.1 cm³/mol. The summed E-state index contributed by atoms with van der Waals surface area (Å²) in [6, 6.07) is 1.39. The first-order chi connectivity index (χ1) is 8.38. The third-order valence-corrected chi connectivity index (χ3v) is 2.93. The summed E-state index contributed by atoms with van der Waals surface area (Å²) in [4.78, 5) is 23.5. The molecule has 0 amide bonds. The highest BCUT2D eigenvalue weighted by atomic mass is 16.4. The minimum absolute atomic E-state index is 0.0526. The molecule has 4 heteroatoms. The SMILES string of the molecule is CCCC(C)c1cc(O)c(C(=O)C(C)C)c(=O)o1. The van der Waals surface area contributed by atoms with Crippen LogP contribution in [0.15, 0.2) is 15.3 Å². The lowest BCUT2D eigenvalue weighted by Gasteiger charge is -2.11. The second kappa shape index (κ2) is 5.85. The average molecular weight is 252 g/mol. The fourth-order valence-electron chi connectivity index (χ4n) is 1.83. The van der Waals surface area contributed by atoms with Crippen LogP contribution in [0.2, 0.25) is 0 Å². The van der Waals surface area contributed by atoms with E-state index in [-0.39, 0.29) is 23.1 Å². The highest BCUT2D eigenvalue weighted by Crippen LogP contribution is 2.25. The van der Waals surface area contributed by atoms with Crippen molar-refractivity contribution in [1.29, 1.82) is 0 Å². The molecule has 0 aliphatic heterocycles. The van der Waals surface area contributed by atoms with Crippen LogP contribution in [-0.2, 0) is 0 Å². The monoisotopic (exact) mass is 252 g/mol. The Kier molecular flexibility index (Phi) is 4.70. The number of Topliss-reactive ketones (excluding diaryl/α,β-unsaturated/α-hetero) is 1. The zero-order valence-electron chi connectivity index (χ0n) is 11.3. The smallest absolute Gasteiger partial charge is 0.350 e. The molecule has 0 spiro atoms. The Labute approximate surface area is 107 Å².